The number of aliphatic hydroxyl groups is 1. The van der Waals surface area contributed by atoms with Gasteiger partial charge in [-0.15, -0.1) is 0 Å². The minimum Gasteiger partial charge on any atom is -0.392 e. The van der Waals surface area contributed by atoms with Crippen molar-refractivity contribution in [2.75, 3.05) is 20.8 Å². The summed E-state index contributed by atoms with van der Waals surface area (Å²) in [6.45, 7) is 6.42. The van der Waals surface area contributed by atoms with Crippen LogP contribution in [0.5, 0.6) is 0 Å². The Bertz CT molecular complexity index is 165. The Morgan fingerprint density at radius 3 is 2.00 bits per heavy atom. The van der Waals surface area contributed by atoms with Gasteiger partial charge < -0.3 is 9.84 Å². The minimum atomic E-state index is 0.167. The molecule has 0 bridgehead atoms. The fourth-order valence-electron chi connectivity index (χ4n) is 0.846. The molecule has 0 aliphatic carbocycles. The molecule has 0 atom stereocenters. The van der Waals surface area contributed by atoms with Gasteiger partial charge in [0.25, 0.3) is 0 Å². The van der Waals surface area contributed by atoms with Crippen LogP contribution in [0.15, 0.2) is 23.3 Å². The predicted octanol–water partition coefficient (Wildman–Crippen LogP) is 2.93. The Kier molecular flexibility index (Phi) is 14.0. The molecule has 84 valence electrons. The first-order valence-electron chi connectivity index (χ1n) is 4.88. The van der Waals surface area contributed by atoms with Crippen molar-refractivity contribution in [3.63, 3.8) is 0 Å². The Morgan fingerprint density at radius 2 is 1.64 bits per heavy atom. The average Bonchev–Trinajstić information content (AvgIpc) is 2.05. The van der Waals surface area contributed by atoms with Gasteiger partial charge in [-0.25, -0.2) is 0 Å². The maximum absolute atomic E-state index is 8.55. The Morgan fingerprint density at radius 1 is 1.14 bits per heavy atom. The van der Waals surface area contributed by atoms with Gasteiger partial charge in [0.15, 0.2) is 0 Å². The molecule has 14 heavy (non-hydrogen) atoms. The van der Waals surface area contributed by atoms with Gasteiger partial charge in [0.2, 0.25) is 0 Å². The maximum Gasteiger partial charge on any atom is 0.0614 e. The number of allylic oxidation sites excluding steroid dienone is 3. The van der Waals surface area contributed by atoms with E-state index in [0.29, 0.717) is 0 Å². The van der Waals surface area contributed by atoms with E-state index in [9.17, 15) is 0 Å². The fraction of sp³-hybridized carbons (Fsp3) is 0.667. The van der Waals surface area contributed by atoms with Crippen LogP contribution in [0.4, 0.5) is 0 Å². The van der Waals surface area contributed by atoms with Crippen LogP contribution in [-0.4, -0.2) is 25.9 Å². The summed E-state index contributed by atoms with van der Waals surface area (Å²) in [4.78, 5) is 0. The Labute approximate surface area is 88.3 Å². The molecule has 0 unspecified atom stereocenters. The summed E-state index contributed by atoms with van der Waals surface area (Å²) in [6, 6.07) is 0. The molecule has 0 amide bonds. The molecule has 2 nitrogen and oxygen atoms in total. The molecule has 0 aromatic rings. The van der Waals surface area contributed by atoms with Crippen molar-refractivity contribution in [3.05, 3.63) is 23.3 Å². The Balaban J connectivity index is 0. The molecule has 0 aliphatic rings. The van der Waals surface area contributed by atoms with Crippen LogP contribution in [0.2, 0.25) is 0 Å². The summed E-state index contributed by atoms with van der Waals surface area (Å²) < 4.78 is 4.25. The molecule has 0 aliphatic heterocycles. The van der Waals surface area contributed by atoms with Crippen LogP contribution in [0.25, 0.3) is 0 Å². The number of hydrogen-bond donors (Lipinski definition) is 1. The van der Waals surface area contributed by atoms with Crippen molar-refractivity contribution in [1.29, 1.82) is 0 Å². The van der Waals surface area contributed by atoms with Crippen molar-refractivity contribution in [3.8, 4) is 0 Å². The molecular formula is C12H24O2. The van der Waals surface area contributed by atoms with Crippen LogP contribution >= 0.6 is 0 Å². The minimum absolute atomic E-state index is 0.167. The van der Waals surface area contributed by atoms with Crippen molar-refractivity contribution in [2.24, 2.45) is 0 Å². The normalized spacial score (nSPS) is 10.3. The summed E-state index contributed by atoms with van der Waals surface area (Å²) in [5, 5.41) is 8.55. The third kappa shape index (κ3) is 17.5. The first kappa shape index (κ1) is 15.9. The molecule has 2 heteroatoms. The highest BCUT2D eigenvalue weighted by Crippen LogP contribution is 2.05. The molecule has 0 spiro atoms. The lowest BCUT2D eigenvalue weighted by Crippen LogP contribution is -1.80. The molecule has 0 aromatic heterocycles. The quantitative estimate of drug-likeness (QED) is 0.707. The van der Waals surface area contributed by atoms with E-state index < -0.39 is 0 Å². The molecule has 0 fully saturated rings. The average molecular weight is 200 g/mol. The number of ether oxygens (including phenoxy) is 1. The summed E-state index contributed by atoms with van der Waals surface area (Å²) in [6.07, 6.45) is 6.23. The molecular weight excluding hydrogens is 176 g/mol. The van der Waals surface area contributed by atoms with Crippen LogP contribution in [0.1, 0.15) is 33.6 Å². The zero-order valence-corrected chi connectivity index (χ0v) is 10.1. The predicted molar refractivity (Wildman–Crippen MR) is 62.4 cm³/mol. The van der Waals surface area contributed by atoms with E-state index in [0.717, 1.165) is 12.8 Å². The topological polar surface area (TPSA) is 29.5 Å². The SMILES string of the molecule is CC(C)=CCCC(C)=CCO.COC. The van der Waals surface area contributed by atoms with Gasteiger partial charge in [-0.3, -0.25) is 0 Å². The van der Waals surface area contributed by atoms with Gasteiger partial charge in [-0.2, -0.15) is 0 Å². The van der Waals surface area contributed by atoms with Gasteiger partial charge in [0.05, 0.1) is 6.61 Å². The van der Waals surface area contributed by atoms with Gasteiger partial charge in [0, 0.05) is 14.2 Å². The third-order valence-electron chi connectivity index (χ3n) is 1.53. The lowest BCUT2D eigenvalue weighted by Gasteiger charge is -1.96. The van der Waals surface area contributed by atoms with E-state index in [4.69, 9.17) is 5.11 Å². The van der Waals surface area contributed by atoms with Crippen molar-refractivity contribution in [1.82, 2.24) is 0 Å². The van der Waals surface area contributed by atoms with Gasteiger partial charge in [0.1, 0.15) is 0 Å². The summed E-state index contributed by atoms with van der Waals surface area (Å²) in [5.41, 5.74) is 2.63. The summed E-state index contributed by atoms with van der Waals surface area (Å²) in [7, 11) is 3.25. The lowest BCUT2D eigenvalue weighted by molar-refractivity contribution is 0.277. The first-order valence-corrected chi connectivity index (χ1v) is 4.88. The maximum atomic E-state index is 8.55. The standard InChI is InChI=1S/C10H18O.C2H6O/c1-9(2)5-4-6-10(3)7-8-11;1-3-2/h5,7,11H,4,6,8H2,1-3H3;1-2H3. The second-order valence-corrected chi connectivity index (χ2v) is 3.46. The highest BCUT2D eigenvalue weighted by atomic mass is 16.4. The van der Waals surface area contributed by atoms with Gasteiger partial charge in [-0.1, -0.05) is 23.3 Å². The van der Waals surface area contributed by atoms with Crippen molar-refractivity contribution >= 4 is 0 Å². The number of methoxy groups -OCH3 is 1. The van der Waals surface area contributed by atoms with Crippen molar-refractivity contribution < 1.29 is 9.84 Å². The van der Waals surface area contributed by atoms with E-state index in [1.807, 2.05) is 6.08 Å². The van der Waals surface area contributed by atoms with E-state index in [2.05, 4.69) is 31.6 Å². The van der Waals surface area contributed by atoms with Crippen LogP contribution < -0.4 is 0 Å². The smallest absolute Gasteiger partial charge is 0.0614 e. The van der Waals surface area contributed by atoms with Crippen molar-refractivity contribution in [2.45, 2.75) is 33.6 Å². The second-order valence-electron chi connectivity index (χ2n) is 3.46. The zero-order chi connectivity index (χ0) is 11.4. The zero-order valence-electron chi connectivity index (χ0n) is 10.1. The van der Waals surface area contributed by atoms with Gasteiger partial charge >= 0.3 is 0 Å². The van der Waals surface area contributed by atoms with Gasteiger partial charge in [-0.05, 0) is 33.6 Å². The van der Waals surface area contributed by atoms with E-state index in [-0.39, 0.29) is 6.61 Å². The van der Waals surface area contributed by atoms with E-state index in [1.54, 1.807) is 14.2 Å². The molecule has 0 rings (SSSR count). The highest BCUT2D eigenvalue weighted by Gasteiger charge is 1.86. The molecule has 0 aromatic carbocycles. The molecule has 1 N–H and O–H groups in total. The van der Waals surface area contributed by atoms with E-state index in [1.165, 1.54) is 11.1 Å². The first-order chi connectivity index (χ1) is 6.58. The number of aliphatic hydroxyl groups excluding tert-OH is 1. The van der Waals surface area contributed by atoms with Crippen LogP contribution in [-0.2, 0) is 4.74 Å². The fourth-order valence-corrected chi connectivity index (χ4v) is 0.846. The molecule has 0 heterocycles. The Hall–Kier alpha value is -0.600. The number of hydrogen-bond acceptors (Lipinski definition) is 2. The third-order valence-corrected chi connectivity index (χ3v) is 1.53. The second kappa shape index (κ2) is 12.4. The largest absolute Gasteiger partial charge is 0.392 e. The van der Waals surface area contributed by atoms with Crippen LogP contribution in [0.3, 0.4) is 0 Å². The summed E-state index contributed by atoms with van der Waals surface area (Å²) in [5.74, 6) is 0. The monoisotopic (exact) mass is 200 g/mol. The van der Waals surface area contributed by atoms with E-state index >= 15 is 0 Å². The number of rotatable bonds is 4. The molecule has 0 radical (unpaired) electrons. The molecule has 0 saturated carbocycles. The van der Waals surface area contributed by atoms with Crippen LogP contribution in [0, 0.1) is 0 Å². The summed E-state index contributed by atoms with van der Waals surface area (Å²) >= 11 is 0. The molecule has 0 saturated heterocycles. The lowest BCUT2D eigenvalue weighted by atomic mass is 10.1. The highest BCUT2D eigenvalue weighted by molar-refractivity contribution is 5.01.